The highest BCUT2D eigenvalue weighted by Gasteiger charge is 2.72. The third kappa shape index (κ3) is 3.04. The predicted octanol–water partition coefficient (Wildman–Crippen LogP) is 6.57. The molecule has 0 aromatic heterocycles. The highest BCUT2D eigenvalue weighted by molar-refractivity contribution is 6.24. The monoisotopic (exact) mass is 430 g/mol. The molecule has 0 aliphatic carbocycles. The average Bonchev–Trinajstić information content (AvgIpc) is 2.87. The Balaban J connectivity index is 1.81. The van der Waals surface area contributed by atoms with Gasteiger partial charge in [0.2, 0.25) is 5.91 Å². The second-order valence-electron chi connectivity index (χ2n) is 8.56. The molecule has 0 saturated carbocycles. The summed E-state index contributed by atoms with van der Waals surface area (Å²) >= 11 is 0. The minimum absolute atomic E-state index is 0.0520. The van der Waals surface area contributed by atoms with Gasteiger partial charge in [-0.3, -0.25) is 14.7 Å². The Bertz CT molecular complexity index is 1240. The van der Waals surface area contributed by atoms with E-state index in [2.05, 4.69) is 31.2 Å². The Hall–Kier alpha value is -3.98. The molecule has 4 aromatic rings. The van der Waals surface area contributed by atoms with Crippen LogP contribution < -0.4 is 4.90 Å². The molecule has 1 atom stereocenters. The van der Waals surface area contributed by atoms with E-state index in [9.17, 15) is 4.79 Å². The van der Waals surface area contributed by atoms with Crippen LogP contribution in [0.1, 0.15) is 25.0 Å². The van der Waals surface area contributed by atoms with E-state index >= 15 is 0 Å². The van der Waals surface area contributed by atoms with Crippen molar-refractivity contribution in [2.24, 2.45) is 4.99 Å². The fourth-order valence-electron chi connectivity index (χ4n) is 5.24. The molecular formula is C30H26N2O. The van der Waals surface area contributed by atoms with Crippen LogP contribution in [0.4, 0.5) is 11.4 Å². The van der Waals surface area contributed by atoms with Gasteiger partial charge in [-0.15, -0.1) is 0 Å². The summed E-state index contributed by atoms with van der Waals surface area (Å²) in [4.78, 5) is 21.3. The summed E-state index contributed by atoms with van der Waals surface area (Å²) in [6.07, 6.45) is 0. The van der Waals surface area contributed by atoms with E-state index in [1.54, 1.807) is 0 Å². The number of aliphatic imine (C=N–C) groups is 1. The smallest absolute Gasteiger partial charge is 0.245 e. The van der Waals surface area contributed by atoms with Crippen molar-refractivity contribution in [1.29, 1.82) is 0 Å². The maximum absolute atomic E-state index is 14.3. The topological polar surface area (TPSA) is 32.7 Å². The first-order valence-electron chi connectivity index (χ1n) is 11.2. The molecule has 5 rings (SSSR count). The number of hydrogen-bond acceptors (Lipinski definition) is 2. The van der Waals surface area contributed by atoms with Crippen molar-refractivity contribution in [2.75, 3.05) is 4.90 Å². The molecular weight excluding hydrogens is 404 g/mol. The van der Waals surface area contributed by atoms with Gasteiger partial charge >= 0.3 is 0 Å². The zero-order chi connectivity index (χ0) is 22.9. The summed E-state index contributed by atoms with van der Waals surface area (Å²) in [5, 5.41) is 0. The molecule has 1 fully saturated rings. The third-order valence-corrected chi connectivity index (χ3v) is 6.89. The number of β-lactam (4-membered cyclic amide) rings is 1. The molecule has 0 radical (unpaired) electrons. The second-order valence-corrected chi connectivity index (χ2v) is 8.56. The number of anilines is 1. The quantitative estimate of drug-likeness (QED) is 0.260. The van der Waals surface area contributed by atoms with Gasteiger partial charge in [-0.1, -0.05) is 97.1 Å². The van der Waals surface area contributed by atoms with E-state index in [1.165, 1.54) is 0 Å². The molecule has 0 bridgehead atoms. The van der Waals surface area contributed by atoms with Crippen molar-refractivity contribution >= 4 is 23.0 Å². The number of benzene rings is 4. The van der Waals surface area contributed by atoms with E-state index in [1.807, 2.05) is 109 Å². The van der Waals surface area contributed by atoms with E-state index < -0.39 is 11.0 Å². The zero-order valence-electron chi connectivity index (χ0n) is 18.8. The maximum atomic E-state index is 14.3. The van der Waals surface area contributed by atoms with Crippen LogP contribution in [0, 0.1) is 0 Å². The highest BCUT2D eigenvalue weighted by atomic mass is 16.2. The molecule has 1 unspecified atom stereocenters. The summed E-state index contributed by atoms with van der Waals surface area (Å²) in [6.45, 7) is 4.18. The second kappa shape index (κ2) is 8.18. The summed E-state index contributed by atoms with van der Waals surface area (Å²) in [5.74, 6) is 0.0520. The number of rotatable bonds is 5. The van der Waals surface area contributed by atoms with Crippen LogP contribution in [0.2, 0.25) is 0 Å². The molecule has 162 valence electrons. The molecule has 33 heavy (non-hydrogen) atoms. The fourth-order valence-corrected chi connectivity index (χ4v) is 5.24. The molecule has 1 aliphatic heterocycles. The van der Waals surface area contributed by atoms with Gasteiger partial charge in [0, 0.05) is 11.4 Å². The normalized spacial score (nSPS) is 19.8. The van der Waals surface area contributed by atoms with E-state index in [-0.39, 0.29) is 5.91 Å². The third-order valence-electron chi connectivity index (χ3n) is 6.89. The molecule has 1 aliphatic rings. The number of para-hydroxylation sites is 2. The van der Waals surface area contributed by atoms with Gasteiger partial charge in [0.15, 0.2) is 0 Å². The Labute approximate surface area is 195 Å². The Morgan fingerprint density at radius 1 is 0.667 bits per heavy atom. The van der Waals surface area contributed by atoms with Crippen molar-refractivity contribution in [3.05, 3.63) is 132 Å². The first-order valence-corrected chi connectivity index (χ1v) is 11.2. The van der Waals surface area contributed by atoms with E-state index in [4.69, 9.17) is 4.99 Å². The minimum atomic E-state index is -0.895. The van der Waals surface area contributed by atoms with Crippen LogP contribution >= 0.6 is 0 Å². The summed E-state index contributed by atoms with van der Waals surface area (Å²) in [7, 11) is 0. The molecule has 1 saturated heterocycles. The lowest BCUT2D eigenvalue weighted by Gasteiger charge is -2.64. The van der Waals surface area contributed by atoms with Gasteiger partial charge < -0.3 is 0 Å². The van der Waals surface area contributed by atoms with Crippen LogP contribution in [0.15, 0.2) is 126 Å². The molecule has 1 heterocycles. The van der Waals surface area contributed by atoms with E-state index in [0.717, 1.165) is 28.2 Å². The lowest BCUT2D eigenvalue weighted by Crippen LogP contribution is -2.82. The van der Waals surface area contributed by atoms with Gasteiger partial charge in [-0.2, -0.15) is 0 Å². The predicted molar refractivity (Wildman–Crippen MR) is 135 cm³/mol. The molecule has 4 aromatic carbocycles. The fraction of sp³-hybridized carbons (Fsp3) is 0.133. The number of carbonyl (C=O) groups is 1. The highest BCUT2D eigenvalue weighted by Crippen LogP contribution is 2.57. The van der Waals surface area contributed by atoms with Gasteiger partial charge in [-0.25, -0.2) is 0 Å². The molecule has 0 N–H and O–H groups in total. The number of nitrogens with zero attached hydrogens (tertiary/aromatic N) is 2. The van der Waals surface area contributed by atoms with Crippen molar-refractivity contribution in [3.63, 3.8) is 0 Å². The first-order chi connectivity index (χ1) is 16.1. The molecule has 1 amide bonds. The Morgan fingerprint density at radius 3 is 1.58 bits per heavy atom. The summed E-state index contributed by atoms with van der Waals surface area (Å²) in [6, 6.07) is 40.0. The average molecular weight is 431 g/mol. The largest absolute Gasteiger partial charge is 0.298 e. The van der Waals surface area contributed by atoms with Gasteiger partial charge in [-0.05, 0) is 49.2 Å². The molecule has 3 nitrogen and oxygen atoms in total. The minimum Gasteiger partial charge on any atom is -0.298 e. The van der Waals surface area contributed by atoms with E-state index in [0.29, 0.717) is 0 Å². The summed E-state index contributed by atoms with van der Waals surface area (Å²) < 4.78 is 0. The number of hydrogen-bond donors (Lipinski definition) is 0. The van der Waals surface area contributed by atoms with Crippen molar-refractivity contribution in [3.8, 4) is 0 Å². The van der Waals surface area contributed by atoms with Gasteiger partial charge in [0.1, 0.15) is 11.0 Å². The number of amides is 1. The van der Waals surface area contributed by atoms with Crippen molar-refractivity contribution < 1.29 is 4.79 Å². The maximum Gasteiger partial charge on any atom is 0.245 e. The van der Waals surface area contributed by atoms with Gasteiger partial charge in [0.05, 0.1) is 5.69 Å². The Morgan fingerprint density at radius 2 is 1.09 bits per heavy atom. The zero-order valence-corrected chi connectivity index (χ0v) is 18.8. The molecule has 3 heteroatoms. The molecule has 0 spiro atoms. The summed E-state index contributed by atoms with van der Waals surface area (Å²) in [5.41, 5.74) is 2.95. The SMILES string of the molecule is CC(=Nc1ccccc1)C1(C)N(c2ccccc2)C(=O)C1(c1ccccc1)c1ccccc1. The lowest BCUT2D eigenvalue weighted by atomic mass is 9.52. The van der Waals surface area contributed by atoms with Crippen LogP contribution in [0.25, 0.3) is 0 Å². The van der Waals surface area contributed by atoms with Crippen LogP contribution in [-0.2, 0) is 10.2 Å². The van der Waals surface area contributed by atoms with Crippen LogP contribution in [0.3, 0.4) is 0 Å². The number of carbonyl (C=O) groups excluding carboxylic acids is 1. The standard InChI is InChI=1S/C30H26N2O/c1-23(31-26-19-11-5-12-20-26)29(2)30(24-15-7-3-8-16-24,25-17-9-4-10-18-25)28(33)32(29)27-21-13-6-14-22-27/h3-22H,1-2H3. The van der Waals surface area contributed by atoms with Crippen molar-refractivity contribution in [1.82, 2.24) is 0 Å². The first kappa shape index (κ1) is 20.9. The lowest BCUT2D eigenvalue weighted by molar-refractivity contribution is -0.132. The van der Waals surface area contributed by atoms with Crippen LogP contribution in [-0.4, -0.2) is 17.2 Å². The van der Waals surface area contributed by atoms with Crippen molar-refractivity contribution in [2.45, 2.75) is 24.8 Å². The van der Waals surface area contributed by atoms with Gasteiger partial charge in [0.25, 0.3) is 0 Å². The van der Waals surface area contributed by atoms with Crippen LogP contribution in [0.5, 0.6) is 0 Å². The Kier molecular flexibility index (Phi) is 5.18.